The third kappa shape index (κ3) is 5.40. The fraction of sp³-hybridized carbons (Fsp3) is 0.381. The van der Waals surface area contributed by atoms with Crippen LogP contribution in [0.5, 0.6) is 0 Å². The summed E-state index contributed by atoms with van der Waals surface area (Å²) in [5, 5.41) is 22.3. The van der Waals surface area contributed by atoms with E-state index in [9.17, 15) is 37.7 Å². The van der Waals surface area contributed by atoms with Crippen molar-refractivity contribution in [1.29, 1.82) is 0 Å². The lowest BCUT2D eigenvalue weighted by Gasteiger charge is -2.39. The standard InChI is InChI=1S/C21H22F3N4O5PS/c1-12-8-13(10-14(9-12)27-18-25-7-2-16(28-18)21(22,23)24)15-11-26-17(35-15)19(29)3-5-20(30,6-4-19)34(31,32)33/h2,7-11,29-30H,3-6H2,1H3,(H,25,27,28)(H2,31,32,33)/t19-,20-. The van der Waals surface area contributed by atoms with E-state index in [-0.39, 0.29) is 31.6 Å². The van der Waals surface area contributed by atoms with Gasteiger partial charge < -0.3 is 25.3 Å². The third-order valence-electron chi connectivity index (χ3n) is 5.89. The summed E-state index contributed by atoms with van der Waals surface area (Å²) in [6, 6.07) is 6.02. The van der Waals surface area contributed by atoms with Crippen LogP contribution in [0.15, 0.2) is 36.7 Å². The van der Waals surface area contributed by atoms with Crippen LogP contribution in [0.3, 0.4) is 0 Å². The molecule has 5 N–H and O–H groups in total. The minimum absolute atomic E-state index is 0.0743. The van der Waals surface area contributed by atoms with Crippen LogP contribution < -0.4 is 5.32 Å². The number of nitrogens with zero attached hydrogens (tertiary/aromatic N) is 3. The van der Waals surface area contributed by atoms with Crippen LogP contribution in [0.2, 0.25) is 0 Å². The second-order valence-electron chi connectivity index (χ2n) is 8.56. The Morgan fingerprint density at radius 1 is 1.09 bits per heavy atom. The summed E-state index contributed by atoms with van der Waals surface area (Å²) in [6.45, 7) is 1.81. The number of aliphatic hydroxyl groups is 2. The Kier molecular flexibility index (Phi) is 6.54. The highest BCUT2D eigenvalue weighted by molar-refractivity contribution is 7.53. The normalized spacial score (nSPS) is 23.3. The largest absolute Gasteiger partial charge is 0.433 e. The van der Waals surface area contributed by atoms with Gasteiger partial charge in [-0.3, -0.25) is 4.57 Å². The predicted molar refractivity (Wildman–Crippen MR) is 122 cm³/mol. The number of aryl methyl sites for hydroxylation is 1. The molecule has 1 aliphatic rings. The Bertz CT molecular complexity index is 1290. The molecule has 0 unspecified atom stereocenters. The summed E-state index contributed by atoms with van der Waals surface area (Å²) >= 11 is 1.18. The minimum atomic E-state index is -4.75. The molecule has 0 bridgehead atoms. The van der Waals surface area contributed by atoms with E-state index in [1.54, 1.807) is 25.3 Å². The van der Waals surface area contributed by atoms with Gasteiger partial charge in [0.1, 0.15) is 16.3 Å². The zero-order chi connectivity index (χ0) is 25.6. The number of nitrogens with one attached hydrogen (secondary N) is 1. The summed E-state index contributed by atoms with van der Waals surface area (Å²) in [4.78, 5) is 31.1. The first-order valence-electron chi connectivity index (χ1n) is 10.4. The Balaban J connectivity index is 1.56. The molecule has 2 heterocycles. The van der Waals surface area contributed by atoms with Gasteiger partial charge in [0, 0.05) is 18.1 Å². The molecule has 1 aliphatic carbocycles. The van der Waals surface area contributed by atoms with Crippen molar-refractivity contribution in [2.75, 3.05) is 5.32 Å². The monoisotopic (exact) mass is 530 g/mol. The van der Waals surface area contributed by atoms with Gasteiger partial charge in [-0.2, -0.15) is 13.2 Å². The van der Waals surface area contributed by atoms with E-state index in [2.05, 4.69) is 20.3 Å². The van der Waals surface area contributed by atoms with Crippen LogP contribution in [0.4, 0.5) is 24.8 Å². The van der Waals surface area contributed by atoms with E-state index in [1.807, 2.05) is 6.07 Å². The smallest absolute Gasteiger partial charge is 0.383 e. The number of benzene rings is 1. The van der Waals surface area contributed by atoms with Gasteiger partial charge in [0.2, 0.25) is 5.95 Å². The maximum Gasteiger partial charge on any atom is 0.433 e. The van der Waals surface area contributed by atoms with Crippen molar-refractivity contribution in [3.63, 3.8) is 0 Å². The van der Waals surface area contributed by atoms with Crippen LogP contribution in [-0.4, -0.2) is 40.3 Å². The van der Waals surface area contributed by atoms with E-state index in [0.717, 1.165) is 17.8 Å². The highest BCUT2D eigenvalue weighted by atomic mass is 32.1. The zero-order valence-corrected chi connectivity index (χ0v) is 20.0. The Morgan fingerprint density at radius 2 is 1.77 bits per heavy atom. The van der Waals surface area contributed by atoms with Gasteiger partial charge in [-0.1, -0.05) is 6.07 Å². The van der Waals surface area contributed by atoms with Gasteiger partial charge in [-0.25, -0.2) is 15.0 Å². The Labute approximate surface area is 201 Å². The summed E-state index contributed by atoms with van der Waals surface area (Å²) in [5.41, 5.74) is -0.566. The number of hydrogen-bond acceptors (Lipinski definition) is 8. The first kappa shape index (κ1) is 25.7. The minimum Gasteiger partial charge on any atom is -0.383 e. The third-order valence-corrected chi connectivity index (χ3v) is 8.66. The second-order valence-corrected chi connectivity index (χ2v) is 11.5. The Morgan fingerprint density at radius 3 is 2.40 bits per heavy atom. The number of anilines is 2. The molecule has 0 radical (unpaired) electrons. The molecule has 0 amide bonds. The van der Waals surface area contributed by atoms with Crippen molar-refractivity contribution in [3.8, 4) is 10.4 Å². The van der Waals surface area contributed by atoms with E-state index < -0.39 is 30.4 Å². The number of thiazole rings is 1. The summed E-state index contributed by atoms with van der Waals surface area (Å²) in [6.07, 6.45) is -2.75. The molecule has 4 rings (SSSR count). The molecule has 2 aromatic heterocycles. The molecule has 14 heteroatoms. The van der Waals surface area contributed by atoms with Crippen molar-refractivity contribution < 1.29 is 37.7 Å². The number of halogens is 3. The maximum atomic E-state index is 12.9. The molecular formula is C21H22F3N4O5PS. The quantitative estimate of drug-likeness (QED) is 0.305. The number of hydrogen-bond donors (Lipinski definition) is 5. The average Bonchev–Trinajstić information content (AvgIpc) is 3.26. The molecule has 1 fully saturated rings. The van der Waals surface area contributed by atoms with Crippen LogP contribution >= 0.6 is 18.9 Å². The molecule has 9 nitrogen and oxygen atoms in total. The van der Waals surface area contributed by atoms with Gasteiger partial charge in [-0.15, -0.1) is 11.3 Å². The van der Waals surface area contributed by atoms with Crippen molar-refractivity contribution in [2.24, 2.45) is 0 Å². The molecule has 0 saturated heterocycles. The SMILES string of the molecule is Cc1cc(Nc2nccc(C(F)(F)F)n2)cc(-c2cnc([C@]3(O)CC[C@](O)(P(=O)(O)O)CC3)s2)c1. The van der Waals surface area contributed by atoms with Gasteiger partial charge in [0.15, 0.2) is 5.34 Å². The highest BCUT2D eigenvalue weighted by Crippen LogP contribution is 2.58. The lowest BCUT2D eigenvalue weighted by Crippen LogP contribution is -2.41. The molecule has 0 spiro atoms. The molecule has 1 aromatic carbocycles. The van der Waals surface area contributed by atoms with Crippen molar-refractivity contribution in [1.82, 2.24) is 15.0 Å². The van der Waals surface area contributed by atoms with Crippen molar-refractivity contribution >= 4 is 30.6 Å². The van der Waals surface area contributed by atoms with Crippen LogP contribution in [0.1, 0.15) is 41.9 Å². The van der Waals surface area contributed by atoms with Gasteiger partial charge in [-0.05, 0) is 61.9 Å². The summed E-state index contributed by atoms with van der Waals surface area (Å²) < 4.78 is 50.4. The number of alkyl halides is 3. The van der Waals surface area contributed by atoms with E-state index in [4.69, 9.17) is 0 Å². The van der Waals surface area contributed by atoms with E-state index in [0.29, 0.717) is 21.1 Å². The molecule has 3 aromatic rings. The van der Waals surface area contributed by atoms with Gasteiger partial charge in [0.05, 0.1) is 4.88 Å². The number of aromatic nitrogens is 3. The van der Waals surface area contributed by atoms with Gasteiger partial charge >= 0.3 is 13.8 Å². The van der Waals surface area contributed by atoms with E-state index >= 15 is 0 Å². The van der Waals surface area contributed by atoms with Crippen LogP contribution in [0, 0.1) is 6.92 Å². The highest BCUT2D eigenvalue weighted by Gasteiger charge is 2.52. The van der Waals surface area contributed by atoms with Gasteiger partial charge in [0.25, 0.3) is 0 Å². The van der Waals surface area contributed by atoms with Crippen molar-refractivity contribution in [3.05, 3.63) is 52.9 Å². The summed E-state index contributed by atoms with van der Waals surface area (Å²) in [7, 11) is -4.75. The second kappa shape index (κ2) is 8.91. The molecule has 1 saturated carbocycles. The zero-order valence-electron chi connectivity index (χ0n) is 18.3. The fourth-order valence-corrected chi connectivity index (χ4v) is 5.75. The predicted octanol–water partition coefficient (Wildman–Crippen LogP) is 4.30. The van der Waals surface area contributed by atoms with Crippen molar-refractivity contribution in [2.45, 2.75) is 49.7 Å². The maximum absolute atomic E-state index is 12.9. The average molecular weight is 530 g/mol. The molecule has 35 heavy (non-hydrogen) atoms. The molecular weight excluding hydrogens is 508 g/mol. The lowest BCUT2D eigenvalue weighted by atomic mass is 9.83. The van der Waals surface area contributed by atoms with Crippen LogP contribution in [-0.2, 0) is 16.3 Å². The molecule has 188 valence electrons. The van der Waals surface area contributed by atoms with Crippen LogP contribution in [0.25, 0.3) is 10.4 Å². The Hall–Kier alpha value is -2.41. The molecule has 0 atom stereocenters. The first-order chi connectivity index (χ1) is 16.2. The number of rotatable bonds is 5. The lowest BCUT2D eigenvalue weighted by molar-refractivity contribution is -0.141. The first-order valence-corrected chi connectivity index (χ1v) is 12.9. The topological polar surface area (TPSA) is 149 Å². The fourth-order valence-electron chi connectivity index (χ4n) is 3.90. The molecule has 0 aliphatic heterocycles. The summed E-state index contributed by atoms with van der Waals surface area (Å²) in [5.74, 6) is -0.213. The van der Waals surface area contributed by atoms with E-state index in [1.165, 1.54) is 11.3 Å².